The third-order valence-electron chi connectivity index (χ3n) is 5.14. The molecule has 1 fully saturated rings. The highest BCUT2D eigenvalue weighted by Crippen LogP contribution is 2.30. The van der Waals surface area contributed by atoms with Crippen molar-refractivity contribution in [1.82, 2.24) is 9.78 Å². The Morgan fingerprint density at radius 1 is 1.18 bits per heavy atom. The Hall–Kier alpha value is -3.17. The molecule has 0 spiro atoms. The van der Waals surface area contributed by atoms with Crippen LogP contribution in [0.25, 0.3) is 16.9 Å². The topological polar surface area (TPSA) is 70.9 Å². The number of nitrogens with zero attached hydrogens (tertiary/aromatic N) is 4. The van der Waals surface area contributed by atoms with Crippen molar-refractivity contribution >= 4 is 5.82 Å². The van der Waals surface area contributed by atoms with Crippen LogP contribution < -0.4 is 10.6 Å². The van der Waals surface area contributed by atoms with Gasteiger partial charge in [-0.2, -0.15) is 5.26 Å². The Labute approximate surface area is 163 Å². The third-order valence-corrected chi connectivity index (χ3v) is 5.14. The summed E-state index contributed by atoms with van der Waals surface area (Å²) in [7, 11) is 0. The van der Waals surface area contributed by atoms with Crippen LogP contribution >= 0.6 is 0 Å². The smallest absolute Gasteiger partial charge is 0.151 e. The molecule has 0 aliphatic carbocycles. The van der Waals surface area contributed by atoms with Crippen LogP contribution in [0.3, 0.4) is 0 Å². The van der Waals surface area contributed by atoms with E-state index < -0.39 is 5.82 Å². The first-order valence-electron chi connectivity index (χ1n) is 9.43. The van der Waals surface area contributed by atoms with Gasteiger partial charge in [-0.25, -0.2) is 9.07 Å². The molecule has 0 unspecified atom stereocenters. The summed E-state index contributed by atoms with van der Waals surface area (Å²) >= 11 is 0. The van der Waals surface area contributed by atoms with Crippen LogP contribution in [-0.2, 0) is 0 Å². The number of rotatable bonds is 3. The van der Waals surface area contributed by atoms with Crippen LogP contribution in [-0.4, -0.2) is 28.9 Å². The molecule has 2 heterocycles. The lowest BCUT2D eigenvalue weighted by atomic mass is 10.1. The van der Waals surface area contributed by atoms with E-state index in [1.165, 1.54) is 12.1 Å². The Kier molecular flexibility index (Phi) is 4.84. The van der Waals surface area contributed by atoms with Crippen LogP contribution in [0.2, 0.25) is 0 Å². The zero-order chi connectivity index (χ0) is 19.7. The summed E-state index contributed by atoms with van der Waals surface area (Å²) in [4.78, 5) is 2.18. The molecular formula is C22H22FN5. The van der Waals surface area contributed by atoms with Crippen molar-refractivity contribution in [1.29, 1.82) is 5.26 Å². The van der Waals surface area contributed by atoms with Gasteiger partial charge in [-0.3, -0.25) is 0 Å². The number of piperidine rings is 1. The molecule has 2 aromatic carbocycles. The van der Waals surface area contributed by atoms with Crippen molar-refractivity contribution in [2.75, 3.05) is 18.0 Å². The number of nitriles is 1. The number of aromatic nitrogens is 2. The van der Waals surface area contributed by atoms with Gasteiger partial charge < -0.3 is 10.6 Å². The van der Waals surface area contributed by atoms with Gasteiger partial charge >= 0.3 is 0 Å². The van der Waals surface area contributed by atoms with E-state index in [1.807, 2.05) is 48.0 Å². The zero-order valence-corrected chi connectivity index (χ0v) is 15.8. The van der Waals surface area contributed by atoms with Crippen LogP contribution in [0, 0.1) is 24.1 Å². The summed E-state index contributed by atoms with van der Waals surface area (Å²) in [5.74, 6) is 0.300. The molecule has 28 heavy (non-hydrogen) atoms. The minimum atomic E-state index is -0.529. The van der Waals surface area contributed by atoms with E-state index in [2.05, 4.69) is 4.90 Å². The fourth-order valence-electron chi connectivity index (χ4n) is 3.59. The molecule has 0 amide bonds. The van der Waals surface area contributed by atoms with Crippen LogP contribution in [0.1, 0.15) is 24.0 Å². The number of benzene rings is 2. The quantitative estimate of drug-likeness (QED) is 0.756. The lowest BCUT2D eigenvalue weighted by Gasteiger charge is -2.30. The number of hydrogen-bond donors (Lipinski definition) is 1. The molecule has 5 nitrogen and oxygen atoms in total. The number of anilines is 1. The molecular weight excluding hydrogens is 353 g/mol. The van der Waals surface area contributed by atoms with Crippen LogP contribution in [0.5, 0.6) is 0 Å². The second-order valence-electron chi connectivity index (χ2n) is 7.29. The number of aryl methyl sites for hydroxylation is 1. The van der Waals surface area contributed by atoms with Crippen molar-refractivity contribution in [2.24, 2.45) is 5.73 Å². The van der Waals surface area contributed by atoms with Gasteiger partial charge in [-0.1, -0.05) is 23.8 Å². The monoisotopic (exact) mass is 375 g/mol. The second-order valence-corrected chi connectivity index (χ2v) is 7.29. The highest BCUT2D eigenvalue weighted by Gasteiger charge is 2.22. The van der Waals surface area contributed by atoms with Crippen molar-refractivity contribution in [3.8, 4) is 23.0 Å². The molecule has 0 saturated carbocycles. The van der Waals surface area contributed by atoms with Gasteiger partial charge in [0.1, 0.15) is 11.9 Å². The van der Waals surface area contributed by atoms with Crippen LogP contribution in [0.15, 0.2) is 48.5 Å². The van der Waals surface area contributed by atoms with Gasteiger partial charge in [0, 0.05) is 30.8 Å². The number of hydrogen-bond acceptors (Lipinski definition) is 4. The first-order valence-corrected chi connectivity index (χ1v) is 9.43. The number of halogens is 1. The highest BCUT2D eigenvalue weighted by atomic mass is 19.1. The zero-order valence-electron chi connectivity index (χ0n) is 15.8. The van der Waals surface area contributed by atoms with E-state index in [1.54, 1.807) is 6.07 Å². The standard InChI is InChI=1S/C22H22FN5/c1-15-4-8-19(9-5-15)28-21(16-6-7-17(13-24)20(23)11-16)12-22(26-28)27-10-2-3-18(25)14-27/h4-9,11-12,18H,2-3,10,14,25H2,1H3/t18-/m0/s1. The summed E-state index contributed by atoms with van der Waals surface area (Å²) in [6.45, 7) is 3.69. The predicted octanol–water partition coefficient (Wildman–Crippen LogP) is 3.79. The first kappa shape index (κ1) is 18.2. The van der Waals surface area contributed by atoms with E-state index in [4.69, 9.17) is 16.1 Å². The van der Waals surface area contributed by atoms with Gasteiger partial charge in [-0.15, -0.1) is 5.10 Å². The van der Waals surface area contributed by atoms with Crippen molar-refractivity contribution in [2.45, 2.75) is 25.8 Å². The second kappa shape index (κ2) is 7.45. The Balaban J connectivity index is 1.82. The lowest BCUT2D eigenvalue weighted by molar-refractivity contribution is 0.502. The minimum Gasteiger partial charge on any atom is -0.354 e. The molecule has 4 rings (SSSR count). The van der Waals surface area contributed by atoms with Gasteiger partial charge in [-0.05, 0) is 44.0 Å². The van der Waals surface area contributed by atoms with Gasteiger partial charge in [0.25, 0.3) is 0 Å². The van der Waals surface area contributed by atoms with E-state index in [0.29, 0.717) is 5.56 Å². The number of nitrogens with two attached hydrogens (primary N) is 1. The Morgan fingerprint density at radius 2 is 1.96 bits per heavy atom. The molecule has 2 N–H and O–H groups in total. The van der Waals surface area contributed by atoms with Crippen molar-refractivity contribution in [3.05, 3.63) is 65.5 Å². The van der Waals surface area contributed by atoms with Crippen molar-refractivity contribution < 1.29 is 4.39 Å². The van der Waals surface area contributed by atoms with Gasteiger partial charge in [0.2, 0.25) is 0 Å². The lowest BCUT2D eigenvalue weighted by Crippen LogP contribution is -2.43. The van der Waals surface area contributed by atoms with E-state index in [0.717, 1.165) is 48.7 Å². The molecule has 0 radical (unpaired) electrons. The maximum Gasteiger partial charge on any atom is 0.151 e. The molecule has 1 aromatic heterocycles. The fraction of sp³-hybridized carbons (Fsp3) is 0.273. The maximum absolute atomic E-state index is 14.3. The third kappa shape index (κ3) is 3.49. The molecule has 6 heteroatoms. The highest BCUT2D eigenvalue weighted by molar-refractivity contribution is 5.67. The summed E-state index contributed by atoms with van der Waals surface area (Å²) in [6, 6.07) is 16.7. The molecule has 1 atom stereocenters. The van der Waals surface area contributed by atoms with E-state index in [9.17, 15) is 4.39 Å². The Bertz CT molecular complexity index is 1030. The minimum absolute atomic E-state index is 0.0346. The maximum atomic E-state index is 14.3. The van der Waals surface area contributed by atoms with E-state index in [-0.39, 0.29) is 11.6 Å². The average molecular weight is 375 g/mol. The van der Waals surface area contributed by atoms with Gasteiger partial charge in [0.15, 0.2) is 5.82 Å². The Morgan fingerprint density at radius 3 is 2.64 bits per heavy atom. The summed E-state index contributed by atoms with van der Waals surface area (Å²) in [6.07, 6.45) is 2.04. The average Bonchev–Trinajstić information content (AvgIpc) is 3.14. The molecule has 0 bridgehead atoms. The van der Waals surface area contributed by atoms with Crippen molar-refractivity contribution in [3.63, 3.8) is 0 Å². The molecule has 142 valence electrons. The molecule has 1 aliphatic heterocycles. The normalized spacial score (nSPS) is 16.8. The molecule has 1 saturated heterocycles. The predicted molar refractivity (Wildman–Crippen MR) is 108 cm³/mol. The summed E-state index contributed by atoms with van der Waals surface area (Å²) in [5, 5.41) is 13.8. The summed E-state index contributed by atoms with van der Waals surface area (Å²) in [5.41, 5.74) is 9.69. The first-order chi connectivity index (χ1) is 13.5. The SMILES string of the molecule is Cc1ccc(-n2nc(N3CCC[C@H](N)C3)cc2-c2ccc(C#N)c(F)c2)cc1. The summed E-state index contributed by atoms with van der Waals surface area (Å²) < 4.78 is 16.1. The van der Waals surface area contributed by atoms with Crippen LogP contribution in [0.4, 0.5) is 10.2 Å². The van der Waals surface area contributed by atoms with Gasteiger partial charge in [0.05, 0.1) is 16.9 Å². The fourth-order valence-corrected chi connectivity index (χ4v) is 3.59. The molecule has 1 aliphatic rings. The molecule has 3 aromatic rings. The van der Waals surface area contributed by atoms with E-state index >= 15 is 0 Å². The largest absolute Gasteiger partial charge is 0.354 e.